The van der Waals surface area contributed by atoms with Gasteiger partial charge in [-0.1, -0.05) is 53.5 Å². The summed E-state index contributed by atoms with van der Waals surface area (Å²) in [7, 11) is 0. The number of nitrogens with two attached hydrogens (primary N) is 1. The highest BCUT2D eigenvalue weighted by Gasteiger charge is 2.67. The van der Waals surface area contributed by atoms with E-state index in [1.807, 2.05) is 0 Å². The first kappa shape index (κ1) is 19.8. The van der Waals surface area contributed by atoms with Crippen LogP contribution in [0.4, 0.5) is 13.2 Å². The summed E-state index contributed by atoms with van der Waals surface area (Å²) >= 11 is 12.5. The third kappa shape index (κ3) is 2.86. The van der Waals surface area contributed by atoms with Crippen LogP contribution in [-0.2, 0) is 10.3 Å². The maximum Gasteiger partial charge on any atom is 0.315 e. The maximum atomic E-state index is 15.4. The first-order valence-electron chi connectivity index (χ1n) is 8.08. The minimum absolute atomic E-state index is 0.209. The van der Waals surface area contributed by atoms with Crippen molar-refractivity contribution in [2.24, 2.45) is 10.7 Å². The molecule has 8 heteroatoms. The number of nitrogens with zero attached hydrogens (tertiary/aromatic N) is 1. The van der Waals surface area contributed by atoms with E-state index in [9.17, 15) is 0 Å². The molecule has 1 aliphatic rings. The van der Waals surface area contributed by atoms with Crippen molar-refractivity contribution in [3.8, 4) is 11.1 Å². The Balaban J connectivity index is 2.37. The van der Waals surface area contributed by atoms with Crippen molar-refractivity contribution in [2.45, 2.75) is 37.8 Å². The SMILES string of the molecule is CC1(C)OC(N)=NC(C)(c2c(F)c(Cl)cc(-c3ccccc3)c2Cl)C1(F)F. The Morgan fingerprint density at radius 3 is 2.26 bits per heavy atom. The number of rotatable bonds is 2. The van der Waals surface area contributed by atoms with Crippen LogP contribution >= 0.6 is 23.2 Å². The number of aliphatic imine (C=N–C) groups is 1. The monoisotopic (exact) mass is 416 g/mol. The summed E-state index contributed by atoms with van der Waals surface area (Å²) in [5, 5.41) is -0.553. The topological polar surface area (TPSA) is 47.6 Å². The van der Waals surface area contributed by atoms with Crippen LogP contribution in [0.3, 0.4) is 0 Å². The largest absolute Gasteiger partial charge is 0.453 e. The molecule has 2 aromatic rings. The minimum Gasteiger partial charge on any atom is -0.453 e. The van der Waals surface area contributed by atoms with E-state index in [-0.39, 0.29) is 10.0 Å². The second-order valence-corrected chi connectivity index (χ2v) is 7.77. The molecular weight excluding hydrogens is 400 g/mol. The predicted molar refractivity (Wildman–Crippen MR) is 101 cm³/mol. The molecule has 0 aliphatic carbocycles. The highest BCUT2D eigenvalue weighted by molar-refractivity contribution is 6.36. The summed E-state index contributed by atoms with van der Waals surface area (Å²) in [6, 6.07) is 9.52. The van der Waals surface area contributed by atoms with Gasteiger partial charge in [-0.15, -0.1) is 0 Å². The number of alkyl halides is 2. The van der Waals surface area contributed by atoms with E-state index in [0.717, 1.165) is 20.8 Å². The van der Waals surface area contributed by atoms with Crippen molar-refractivity contribution in [1.29, 1.82) is 0 Å². The Kier molecular flexibility index (Phi) is 4.64. The van der Waals surface area contributed by atoms with Crippen LogP contribution in [0.5, 0.6) is 0 Å². The fraction of sp³-hybridized carbons (Fsp3) is 0.316. The van der Waals surface area contributed by atoms with E-state index in [2.05, 4.69) is 4.99 Å². The normalized spacial score (nSPS) is 23.5. The van der Waals surface area contributed by atoms with Crippen LogP contribution in [-0.4, -0.2) is 17.5 Å². The molecule has 1 aliphatic heterocycles. The molecule has 0 bridgehead atoms. The first-order valence-corrected chi connectivity index (χ1v) is 8.83. The summed E-state index contributed by atoms with van der Waals surface area (Å²) in [5.41, 5.74) is 1.55. The van der Waals surface area contributed by atoms with Gasteiger partial charge in [0.05, 0.1) is 10.0 Å². The fourth-order valence-corrected chi connectivity index (χ4v) is 3.93. The highest BCUT2D eigenvalue weighted by Crippen LogP contribution is 2.54. The van der Waals surface area contributed by atoms with Crippen LogP contribution in [0.1, 0.15) is 26.3 Å². The van der Waals surface area contributed by atoms with Crippen molar-refractivity contribution in [1.82, 2.24) is 0 Å². The Labute approximate surface area is 164 Å². The van der Waals surface area contributed by atoms with Gasteiger partial charge in [0.1, 0.15) is 5.82 Å². The van der Waals surface area contributed by atoms with Gasteiger partial charge in [0.25, 0.3) is 6.02 Å². The van der Waals surface area contributed by atoms with Gasteiger partial charge in [0.15, 0.2) is 11.1 Å². The molecule has 0 fully saturated rings. The Bertz CT molecular complexity index is 932. The smallest absolute Gasteiger partial charge is 0.315 e. The van der Waals surface area contributed by atoms with Crippen LogP contribution in [0.15, 0.2) is 41.4 Å². The van der Waals surface area contributed by atoms with Gasteiger partial charge in [-0.2, -0.15) is 8.78 Å². The molecule has 0 saturated carbocycles. The molecule has 2 aromatic carbocycles. The highest BCUT2D eigenvalue weighted by atomic mass is 35.5. The average molecular weight is 417 g/mol. The van der Waals surface area contributed by atoms with Crippen LogP contribution in [0, 0.1) is 5.82 Å². The molecule has 0 aromatic heterocycles. The van der Waals surface area contributed by atoms with E-state index >= 15 is 13.2 Å². The molecule has 1 atom stereocenters. The lowest BCUT2D eigenvalue weighted by atomic mass is 9.76. The van der Waals surface area contributed by atoms with Gasteiger partial charge < -0.3 is 10.5 Å². The molecule has 144 valence electrons. The lowest BCUT2D eigenvalue weighted by molar-refractivity contribution is -0.207. The van der Waals surface area contributed by atoms with E-state index in [1.54, 1.807) is 30.3 Å². The van der Waals surface area contributed by atoms with Gasteiger partial charge in [-0.25, -0.2) is 9.38 Å². The fourth-order valence-electron chi connectivity index (χ4n) is 3.30. The van der Waals surface area contributed by atoms with Crippen molar-refractivity contribution in [3.63, 3.8) is 0 Å². The summed E-state index contributed by atoms with van der Waals surface area (Å²) in [6.07, 6.45) is 0. The van der Waals surface area contributed by atoms with Gasteiger partial charge in [-0.05, 0) is 32.4 Å². The third-order valence-corrected chi connectivity index (χ3v) is 5.46. The van der Waals surface area contributed by atoms with Crippen LogP contribution in [0.25, 0.3) is 11.1 Å². The molecule has 3 rings (SSSR count). The van der Waals surface area contributed by atoms with Crippen molar-refractivity contribution < 1.29 is 17.9 Å². The van der Waals surface area contributed by atoms with E-state index in [4.69, 9.17) is 33.7 Å². The Hall–Kier alpha value is -1.92. The van der Waals surface area contributed by atoms with Crippen molar-refractivity contribution in [2.75, 3.05) is 0 Å². The molecule has 2 N–H and O–H groups in total. The predicted octanol–water partition coefficient (Wildman–Crippen LogP) is 5.77. The number of ether oxygens (including phenoxy) is 1. The van der Waals surface area contributed by atoms with E-state index in [0.29, 0.717) is 11.1 Å². The van der Waals surface area contributed by atoms with Crippen molar-refractivity contribution in [3.05, 3.63) is 57.8 Å². The average Bonchev–Trinajstić information content (AvgIpc) is 2.57. The van der Waals surface area contributed by atoms with Gasteiger partial charge >= 0.3 is 5.92 Å². The zero-order valence-corrected chi connectivity index (χ0v) is 16.3. The molecule has 1 unspecified atom stereocenters. The third-order valence-electron chi connectivity index (χ3n) is 4.79. The Morgan fingerprint density at radius 2 is 1.67 bits per heavy atom. The molecule has 0 radical (unpaired) electrons. The molecule has 0 amide bonds. The standard InChI is InChI=1S/C19H17Cl2F3N2O/c1-17(2)19(23,24)18(3,26-16(25)27-17)13-14(21)11(9-12(20)15(13)22)10-7-5-4-6-8-10/h4-9H,1-3H3,(H2,25,26). The van der Waals surface area contributed by atoms with E-state index in [1.165, 1.54) is 6.07 Å². The summed E-state index contributed by atoms with van der Waals surface area (Å²) in [5.74, 6) is -4.72. The lowest BCUT2D eigenvalue weighted by Gasteiger charge is -2.47. The second-order valence-electron chi connectivity index (χ2n) is 6.98. The molecule has 1 heterocycles. The van der Waals surface area contributed by atoms with E-state index < -0.39 is 34.5 Å². The first-order chi connectivity index (χ1) is 12.4. The van der Waals surface area contributed by atoms with Gasteiger partial charge in [0.2, 0.25) is 0 Å². The molecule has 0 spiro atoms. The van der Waals surface area contributed by atoms with Crippen LogP contribution in [0.2, 0.25) is 10.0 Å². The number of halogens is 5. The lowest BCUT2D eigenvalue weighted by Crippen LogP contribution is -2.62. The second kappa shape index (κ2) is 6.31. The maximum absolute atomic E-state index is 15.4. The summed E-state index contributed by atoms with van der Waals surface area (Å²) in [4.78, 5) is 3.77. The van der Waals surface area contributed by atoms with Crippen LogP contribution < -0.4 is 5.73 Å². The van der Waals surface area contributed by atoms with Gasteiger partial charge in [0, 0.05) is 11.1 Å². The molecular formula is C19H17Cl2F3N2O. The zero-order valence-electron chi connectivity index (χ0n) is 14.8. The summed E-state index contributed by atoms with van der Waals surface area (Å²) < 4.78 is 50.7. The zero-order chi connectivity index (χ0) is 20.2. The van der Waals surface area contributed by atoms with Crippen molar-refractivity contribution >= 4 is 29.2 Å². The Morgan fingerprint density at radius 1 is 1.07 bits per heavy atom. The number of hydrogen-bond donors (Lipinski definition) is 1. The molecule has 3 nitrogen and oxygen atoms in total. The number of hydrogen-bond acceptors (Lipinski definition) is 3. The minimum atomic E-state index is -3.65. The molecule has 27 heavy (non-hydrogen) atoms. The molecule has 0 saturated heterocycles. The van der Waals surface area contributed by atoms with Gasteiger partial charge in [-0.3, -0.25) is 0 Å². The number of amidine groups is 1. The summed E-state index contributed by atoms with van der Waals surface area (Å²) in [6.45, 7) is 3.38. The quantitative estimate of drug-likeness (QED) is 0.631. The number of benzene rings is 2.